The van der Waals surface area contributed by atoms with Crippen molar-refractivity contribution in [2.24, 2.45) is 0 Å². The zero-order valence-corrected chi connectivity index (χ0v) is 13.0. The van der Waals surface area contributed by atoms with Crippen LogP contribution in [0.2, 0.25) is 0 Å². The highest BCUT2D eigenvalue weighted by atomic mass is 16.5. The van der Waals surface area contributed by atoms with Crippen LogP contribution in [0.4, 0.5) is 0 Å². The lowest BCUT2D eigenvalue weighted by molar-refractivity contribution is -0.0470. The molecular formula is C16H20O6. The summed E-state index contributed by atoms with van der Waals surface area (Å²) in [4.78, 5) is 11.6. The van der Waals surface area contributed by atoms with Crippen LogP contribution >= 0.6 is 0 Å². The molecule has 0 unspecified atom stereocenters. The number of hydrogen-bond acceptors (Lipinski definition) is 6. The number of aliphatic hydroxyl groups is 2. The summed E-state index contributed by atoms with van der Waals surface area (Å²) >= 11 is 0. The maximum absolute atomic E-state index is 11.6. The lowest BCUT2D eigenvalue weighted by Gasteiger charge is -2.25. The van der Waals surface area contributed by atoms with Crippen molar-refractivity contribution in [2.75, 3.05) is 14.2 Å². The predicted molar refractivity (Wildman–Crippen MR) is 81.6 cm³/mol. The van der Waals surface area contributed by atoms with Gasteiger partial charge < -0.3 is 24.1 Å². The fourth-order valence-corrected chi connectivity index (χ4v) is 2.22. The van der Waals surface area contributed by atoms with E-state index in [-0.39, 0.29) is 12.0 Å². The van der Waals surface area contributed by atoms with Crippen LogP contribution in [0.15, 0.2) is 27.4 Å². The molecule has 2 N–H and O–H groups in total. The molecule has 1 aromatic heterocycles. The van der Waals surface area contributed by atoms with Crippen LogP contribution in [-0.4, -0.2) is 36.1 Å². The van der Waals surface area contributed by atoms with Gasteiger partial charge in [0.1, 0.15) is 17.1 Å². The fraction of sp³-hybridized carbons (Fsp3) is 0.438. The average molecular weight is 308 g/mol. The molecule has 0 spiro atoms. The Bertz CT molecular complexity index is 726. The van der Waals surface area contributed by atoms with Gasteiger partial charge in [0.15, 0.2) is 0 Å². The number of hydrogen-bond donors (Lipinski definition) is 2. The quantitative estimate of drug-likeness (QED) is 0.813. The van der Waals surface area contributed by atoms with Gasteiger partial charge in [0, 0.05) is 24.1 Å². The molecule has 0 radical (unpaired) electrons. The molecule has 1 heterocycles. The SMILES string of the molecule is COc1cc(OC)c2ccc(=O)oc2c1C[C@H](O)C(C)(C)O. The first-order chi connectivity index (χ1) is 10.3. The summed E-state index contributed by atoms with van der Waals surface area (Å²) in [6.07, 6.45) is -0.983. The molecule has 2 rings (SSSR count). The summed E-state index contributed by atoms with van der Waals surface area (Å²) in [5.74, 6) is 0.916. The second kappa shape index (κ2) is 5.98. The molecule has 0 aliphatic rings. The lowest BCUT2D eigenvalue weighted by Crippen LogP contribution is -2.37. The minimum Gasteiger partial charge on any atom is -0.496 e. The molecule has 22 heavy (non-hydrogen) atoms. The van der Waals surface area contributed by atoms with Gasteiger partial charge in [-0.3, -0.25) is 0 Å². The Hall–Kier alpha value is -2.05. The number of rotatable bonds is 5. The van der Waals surface area contributed by atoms with Crippen molar-refractivity contribution in [1.29, 1.82) is 0 Å². The van der Waals surface area contributed by atoms with Crippen LogP contribution in [0.3, 0.4) is 0 Å². The van der Waals surface area contributed by atoms with Gasteiger partial charge in [-0.2, -0.15) is 0 Å². The molecule has 0 bridgehead atoms. The molecule has 0 amide bonds. The van der Waals surface area contributed by atoms with E-state index < -0.39 is 17.3 Å². The molecule has 120 valence electrons. The van der Waals surface area contributed by atoms with E-state index in [4.69, 9.17) is 13.9 Å². The number of aliphatic hydroxyl groups excluding tert-OH is 1. The van der Waals surface area contributed by atoms with Gasteiger partial charge in [0.2, 0.25) is 0 Å². The van der Waals surface area contributed by atoms with Gasteiger partial charge in [-0.1, -0.05) is 0 Å². The van der Waals surface area contributed by atoms with Gasteiger partial charge in [-0.05, 0) is 19.9 Å². The normalized spacial score (nSPS) is 13.2. The molecule has 0 saturated heterocycles. The van der Waals surface area contributed by atoms with E-state index in [9.17, 15) is 15.0 Å². The van der Waals surface area contributed by atoms with E-state index in [1.54, 1.807) is 12.1 Å². The molecule has 0 fully saturated rings. The van der Waals surface area contributed by atoms with Crippen molar-refractivity contribution in [1.82, 2.24) is 0 Å². The highest BCUT2D eigenvalue weighted by molar-refractivity contribution is 5.88. The van der Waals surface area contributed by atoms with Crippen molar-refractivity contribution in [3.63, 3.8) is 0 Å². The van der Waals surface area contributed by atoms with E-state index in [1.807, 2.05) is 0 Å². The van der Waals surface area contributed by atoms with Crippen molar-refractivity contribution < 1.29 is 24.1 Å². The smallest absolute Gasteiger partial charge is 0.336 e. The van der Waals surface area contributed by atoms with Crippen molar-refractivity contribution in [3.05, 3.63) is 34.2 Å². The van der Waals surface area contributed by atoms with Crippen LogP contribution in [-0.2, 0) is 6.42 Å². The fourth-order valence-electron chi connectivity index (χ4n) is 2.22. The van der Waals surface area contributed by atoms with E-state index in [2.05, 4.69) is 0 Å². The Kier molecular flexibility index (Phi) is 4.44. The van der Waals surface area contributed by atoms with E-state index in [0.717, 1.165) is 0 Å². The van der Waals surface area contributed by atoms with Gasteiger partial charge in [0.25, 0.3) is 0 Å². The van der Waals surface area contributed by atoms with E-state index >= 15 is 0 Å². The largest absolute Gasteiger partial charge is 0.496 e. The standard InChI is InChI=1S/C16H20O6/c1-16(2,19)13(17)7-10-12(21-4)8-11(20-3)9-5-6-14(18)22-15(9)10/h5-6,8,13,17,19H,7H2,1-4H3/t13-/m0/s1. The molecule has 2 aromatic rings. The number of ether oxygens (including phenoxy) is 2. The van der Waals surface area contributed by atoms with Gasteiger partial charge >= 0.3 is 5.63 Å². The highest BCUT2D eigenvalue weighted by Crippen LogP contribution is 2.36. The van der Waals surface area contributed by atoms with Crippen LogP contribution in [0.1, 0.15) is 19.4 Å². The van der Waals surface area contributed by atoms with Crippen molar-refractivity contribution >= 4 is 11.0 Å². The Morgan fingerprint density at radius 1 is 1.23 bits per heavy atom. The minimum atomic E-state index is -1.30. The van der Waals surface area contributed by atoms with Gasteiger partial charge in [0.05, 0.1) is 31.3 Å². The summed E-state index contributed by atoms with van der Waals surface area (Å²) in [7, 11) is 2.98. The number of fused-ring (bicyclic) bond motifs is 1. The first kappa shape index (κ1) is 16.3. The maximum atomic E-state index is 11.6. The molecule has 6 heteroatoms. The minimum absolute atomic E-state index is 0.0696. The molecule has 1 aromatic carbocycles. The maximum Gasteiger partial charge on any atom is 0.336 e. The van der Waals surface area contributed by atoms with Gasteiger partial charge in [-0.15, -0.1) is 0 Å². The summed E-state index contributed by atoms with van der Waals surface area (Å²) < 4.78 is 15.9. The first-order valence-electron chi connectivity index (χ1n) is 6.86. The molecule has 0 aliphatic heterocycles. The topological polar surface area (TPSA) is 89.1 Å². The zero-order chi connectivity index (χ0) is 16.5. The summed E-state index contributed by atoms with van der Waals surface area (Å²) in [5.41, 5.74) is -1.02. The van der Waals surface area contributed by atoms with Crippen LogP contribution in [0, 0.1) is 0 Å². The third kappa shape index (κ3) is 3.08. The average Bonchev–Trinajstić information content (AvgIpc) is 2.46. The van der Waals surface area contributed by atoms with Crippen LogP contribution < -0.4 is 15.1 Å². The molecule has 0 saturated carbocycles. The summed E-state index contributed by atoms with van der Waals surface area (Å²) in [6, 6.07) is 4.56. The summed E-state index contributed by atoms with van der Waals surface area (Å²) in [6.45, 7) is 3.01. The van der Waals surface area contributed by atoms with Gasteiger partial charge in [-0.25, -0.2) is 4.79 Å². The van der Waals surface area contributed by atoms with Crippen LogP contribution in [0.5, 0.6) is 11.5 Å². The van der Waals surface area contributed by atoms with Crippen molar-refractivity contribution in [3.8, 4) is 11.5 Å². The zero-order valence-electron chi connectivity index (χ0n) is 13.0. The summed E-state index contributed by atoms with van der Waals surface area (Å²) in [5, 5.41) is 20.7. The first-order valence-corrected chi connectivity index (χ1v) is 6.86. The van der Waals surface area contributed by atoms with E-state index in [1.165, 1.54) is 34.1 Å². The van der Waals surface area contributed by atoms with E-state index in [0.29, 0.717) is 22.4 Å². The monoisotopic (exact) mass is 308 g/mol. The molecule has 0 aliphatic carbocycles. The third-order valence-corrected chi connectivity index (χ3v) is 3.59. The second-order valence-electron chi connectivity index (χ2n) is 5.63. The number of methoxy groups -OCH3 is 2. The molecule has 1 atom stereocenters. The molecule has 6 nitrogen and oxygen atoms in total. The van der Waals surface area contributed by atoms with Crippen LogP contribution in [0.25, 0.3) is 11.0 Å². The Labute approximate surface area is 127 Å². The number of benzene rings is 1. The Morgan fingerprint density at radius 3 is 2.41 bits per heavy atom. The molecular weight excluding hydrogens is 288 g/mol. The lowest BCUT2D eigenvalue weighted by atomic mass is 9.93. The second-order valence-corrected chi connectivity index (χ2v) is 5.63. The Morgan fingerprint density at radius 2 is 1.86 bits per heavy atom. The van der Waals surface area contributed by atoms with Crippen molar-refractivity contribution in [2.45, 2.75) is 32.0 Å². The predicted octanol–water partition coefficient (Wildman–Crippen LogP) is 1.48. The highest BCUT2D eigenvalue weighted by Gasteiger charge is 2.28. The Balaban J connectivity index is 2.70. The third-order valence-electron chi connectivity index (χ3n) is 3.59.